The van der Waals surface area contributed by atoms with Gasteiger partial charge < -0.3 is 14.2 Å². The van der Waals surface area contributed by atoms with Gasteiger partial charge in [-0.25, -0.2) is 4.98 Å². The van der Waals surface area contributed by atoms with Gasteiger partial charge in [-0.1, -0.05) is 43.3 Å². The predicted molar refractivity (Wildman–Crippen MR) is 103 cm³/mol. The molecular formula is C22H25NO3. The molecule has 3 rings (SSSR count). The summed E-state index contributed by atoms with van der Waals surface area (Å²) in [6.07, 6.45) is 0.813. The highest BCUT2D eigenvalue weighted by atomic mass is 16.5. The molecule has 3 aromatic rings. The first-order chi connectivity index (χ1) is 12.7. The molecule has 0 aliphatic carbocycles. The zero-order valence-electron chi connectivity index (χ0n) is 15.6. The average molecular weight is 351 g/mol. The highest BCUT2D eigenvalue weighted by Crippen LogP contribution is 2.31. The first-order valence-electron chi connectivity index (χ1n) is 8.83. The number of methoxy groups -OCH3 is 2. The molecule has 0 bridgehead atoms. The number of pyridine rings is 1. The van der Waals surface area contributed by atoms with Crippen LogP contribution < -0.4 is 4.74 Å². The highest BCUT2D eigenvalue weighted by Gasteiger charge is 2.30. The molecule has 26 heavy (non-hydrogen) atoms. The molecule has 136 valence electrons. The van der Waals surface area contributed by atoms with Crippen molar-refractivity contribution in [3.8, 4) is 5.75 Å². The monoisotopic (exact) mass is 351 g/mol. The van der Waals surface area contributed by atoms with Crippen molar-refractivity contribution in [2.75, 3.05) is 20.8 Å². The van der Waals surface area contributed by atoms with Crippen LogP contribution in [0.3, 0.4) is 0 Å². The number of nitrogens with zero attached hydrogens (tertiary/aromatic N) is 1. The zero-order valence-corrected chi connectivity index (χ0v) is 15.6. The second kappa shape index (κ2) is 8.30. The summed E-state index contributed by atoms with van der Waals surface area (Å²) in [5.74, 6) is 0.795. The summed E-state index contributed by atoms with van der Waals surface area (Å²) in [6.45, 7) is 3.01. The summed E-state index contributed by atoms with van der Waals surface area (Å²) in [5.41, 5.74) is 2.47. The maximum atomic E-state index is 5.99. The van der Waals surface area contributed by atoms with E-state index in [9.17, 15) is 0 Å². The number of rotatable bonds is 8. The Kier molecular flexibility index (Phi) is 5.86. The minimum absolute atomic E-state index is 0.421. The van der Waals surface area contributed by atoms with E-state index in [1.54, 1.807) is 14.2 Å². The van der Waals surface area contributed by atoms with E-state index in [0.717, 1.165) is 34.3 Å². The van der Waals surface area contributed by atoms with E-state index in [1.807, 2.05) is 48.5 Å². The Bertz CT molecular complexity index is 859. The van der Waals surface area contributed by atoms with Gasteiger partial charge in [0, 0.05) is 19.6 Å². The third-order valence-electron chi connectivity index (χ3n) is 4.74. The lowest BCUT2D eigenvalue weighted by atomic mass is 9.91. The van der Waals surface area contributed by atoms with Gasteiger partial charge in [-0.3, -0.25) is 0 Å². The molecule has 0 fully saturated rings. The van der Waals surface area contributed by atoms with Crippen LogP contribution in [-0.4, -0.2) is 25.8 Å². The molecule has 4 nitrogen and oxygen atoms in total. The van der Waals surface area contributed by atoms with Gasteiger partial charge in [-0.15, -0.1) is 0 Å². The van der Waals surface area contributed by atoms with Gasteiger partial charge in [-0.05, 0) is 36.2 Å². The number of ether oxygens (including phenoxy) is 3. The van der Waals surface area contributed by atoms with Crippen molar-refractivity contribution in [3.63, 3.8) is 0 Å². The fourth-order valence-corrected chi connectivity index (χ4v) is 3.16. The lowest BCUT2D eigenvalue weighted by molar-refractivity contribution is -0.0720. The molecule has 0 N–H and O–H groups in total. The summed E-state index contributed by atoms with van der Waals surface area (Å²) in [7, 11) is 3.41. The highest BCUT2D eigenvalue weighted by molar-refractivity contribution is 5.78. The van der Waals surface area contributed by atoms with E-state index < -0.39 is 5.60 Å². The molecule has 0 aliphatic heterocycles. The van der Waals surface area contributed by atoms with Crippen molar-refractivity contribution in [1.82, 2.24) is 4.98 Å². The lowest BCUT2D eigenvalue weighted by Crippen LogP contribution is -2.33. The Morgan fingerprint density at radius 3 is 2.58 bits per heavy atom. The van der Waals surface area contributed by atoms with Crippen LogP contribution in [0, 0.1) is 0 Å². The number of hydrogen-bond acceptors (Lipinski definition) is 4. The SMILES string of the molecule is CCC(COC)(OC)c1cccc(OCc2ccc3ccccc3n2)c1. The van der Waals surface area contributed by atoms with Gasteiger partial charge >= 0.3 is 0 Å². The number of hydrogen-bond donors (Lipinski definition) is 0. The largest absolute Gasteiger partial charge is 0.487 e. The van der Waals surface area contributed by atoms with Crippen LogP contribution in [0.4, 0.5) is 0 Å². The first kappa shape index (κ1) is 18.4. The van der Waals surface area contributed by atoms with Crippen molar-refractivity contribution < 1.29 is 14.2 Å². The zero-order chi connectivity index (χ0) is 18.4. The van der Waals surface area contributed by atoms with Crippen LogP contribution in [0.15, 0.2) is 60.7 Å². The Hall–Kier alpha value is -2.43. The summed E-state index contributed by atoms with van der Waals surface area (Å²) in [4.78, 5) is 4.65. The molecule has 1 unspecified atom stereocenters. The molecule has 0 radical (unpaired) electrons. The molecule has 1 aromatic heterocycles. The molecular weight excluding hydrogens is 326 g/mol. The van der Waals surface area contributed by atoms with Gasteiger partial charge in [0.25, 0.3) is 0 Å². The van der Waals surface area contributed by atoms with Crippen LogP contribution in [0.5, 0.6) is 5.75 Å². The molecule has 0 amide bonds. The lowest BCUT2D eigenvalue weighted by Gasteiger charge is -2.31. The van der Waals surface area contributed by atoms with Gasteiger partial charge in [-0.2, -0.15) is 0 Å². The third kappa shape index (κ3) is 3.87. The number of para-hydroxylation sites is 1. The maximum Gasteiger partial charge on any atom is 0.130 e. The minimum Gasteiger partial charge on any atom is -0.487 e. The van der Waals surface area contributed by atoms with E-state index in [0.29, 0.717) is 13.2 Å². The van der Waals surface area contributed by atoms with Crippen molar-refractivity contribution in [3.05, 3.63) is 71.9 Å². The molecule has 2 aromatic carbocycles. The van der Waals surface area contributed by atoms with Gasteiger partial charge in [0.2, 0.25) is 0 Å². The normalized spacial score (nSPS) is 13.5. The molecule has 4 heteroatoms. The molecule has 1 atom stereocenters. The smallest absolute Gasteiger partial charge is 0.130 e. The van der Waals surface area contributed by atoms with Crippen LogP contribution in [-0.2, 0) is 21.7 Å². The molecule has 0 spiro atoms. The number of fused-ring (bicyclic) bond motifs is 1. The van der Waals surface area contributed by atoms with Crippen LogP contribution in [0.1, 0.15) is 24.6 Å². The van der Waals surface area contributed by atoms with Gasteiger partial charge in [0.15, 0.2) is 0 Å². The number of benzene rings is 2. The second-order valence-corrected chi connectivity index (χ2v) is 6.30. The summed E-state index contributed by atoms with van der Waals surface area (Å²) < 4.78 is 17.1. The van der Waals surface area contributed by atoms with Crippen molar-refractivity contribution >= 4 is 10.9 Å². The van der Waals surface area contributed by atoms with Crippen LogP contribution in [0.2, 0.25) is 0 Å². The minimum atomic E-state index is -0.463. The fourth-order valence-electron chi connectivity index (χ4n) is 3.16. The average Bonchev–Trinajstić information content (AvgIpc) is 2.70. The van der Waals surface area contributed by atoms with E-state index in [1.165, 1.54) is 0 Å². The molecule has 0 saturated carbocycles. The first-order valence-corrected chi connectivity index (χ1v) is 8.83. The summed E-state index contributed by atoms with van der Waals surface area (Å²) in [6, 6.07) is 20.2. The van der Waals surface area contributed by atoms with Crippen LogP contribution in [0.25, 0.3) is 10.9 Å². The summed E-state index contributed by atoms with van der Waals surface area (Å²) >= 11 is 0. The van der Waals surface area contributed by atoms with E-state index in [4.69, 9.17) is 14.2 Å². The summed E-state index contributed by atoms with van der Waals surface area (Å²) in [5, 5.41) is 1.13. The van der Waals surface area contributed by atoms with E-state index >= 15 is 0 Å². The topological polar surface area (TPSA) is 40.6 Å². The Morgan fingerprint density at radius 1 is 0.962 bits per heavy atom. The van der Waals surface area contributed by atoms with Crippen molar-refractivity contribution in [2.45, 2.75) is 25.6 Å². The number of aromatic nitrogens is 1. The molecule has 1 heterocycles. The van der Waals surface area contributed by atoms with Gasteiger partial charge in [0.1, 0.15) is 18.0 Å². The predicted octanol–water partition coefficient (Wildman–Crippen LogP) is 4.71. The van der Waals surface area contributed by atoms with E-state index in [-0.39, 0.29) is 0 Å². The second-order valence-electron chi connectivity index (χ2n) is 6.30. The van der Waals surface area contributed by atoms with Crippen molar-refractivity contribution in [2.24, 2.45) is 0 Å². The Morgan fingerprint density at radius 2 is 1.81 bits per heavy atom. The van der Waals surface area contributed by atoms with Crippen molar-refractivity contribution in [1.29, 1.82) is 0 Å². The molecule has 0 saturated heterocycles. The maximum absolute atomic E-state index is 5.99. The Balaban J connectivity index is 1.77. The third-order valence-corrected chi connectivity index (χ3v) is 4.74. The quantitative estimate of drug-likeness (QED) is 0.589. The molecule has 0 aliphatic rings. The standard InChI is InChI=1S/C22H25NO3/c1-4-22(25-3,16-24-2)18-9-7-10-20(14-18)26-15-19-13-12-17-8-5-6-11-21(17)23-19/h5-14H,4,15-16H2,1-3H3. The van der Waals surface area contributed by atoms with Gasteiger partial charge in [0.05, 0.1) is 17.8 Å². The van der Waals surface area contributed by atoms with Crippen LogP contribution >= 0.6 is 0 Å². The van der Waals surface area contributed by atoms with E-state index in [2.05, 4.69) is 24.0 Å². The fraction of sp³-hybridized carbons (Fsp3) is 0.318. The Labute approximate surface area is 154 Å².